The Kier molecular flexibility index (Phi) is 10.8. The van der Waals surface area contributed by atoms with Crippen LogP contribution in [-0.2, 0) is 0 Å². The third-order valence-electron chi connectivity index (χ3n) is 2.02. The van der Waals surface area contributed by atoms with Gasteiger partial charge in [-0.2, -0.15) is 0 Å². The summed E-state index contributed by atoms with van der Waals surface area (Å²) in [5.41, 5.74) is 10.9. The summed E-state index contributed by atoms with van der Waals surface area (Å²) in [6.07, 6.45) is 4.22. The highest BCUT2D eigenvalue weighted by molar-refractivity contribution is 4.55. The van der Waals surface area contributed by atoms with Crippen LogP contribution in [0.5, 0.6) is 0 Å². The highest BCUT2D eigenvalue weighted by Gasteiger charge is 1.93. The van der Waals surface area contributed by atoms with Crippen molar-refractivity contribution in [3.05, 3.63) is 0 Å². The molecule has 14 heavy (non-hydrogen) atoms. The minimum absolute atomic E-state index is 0.150. The largest absolute Gasteiger partial charge is 0.317 e. The molecule has 0 bridgehead atoms. The zero-order valence-corrected chi connectivity index (χ0v) is 9.39. The number of nitrogens with one attached hydrogen (secondary N) is 2. The molecule has 0 aromatic heterocycles. The monoisotopic (exact) mass is 202 g/mol. The van der Waals surface area contributed by atoms with E-state index in [1.807, 2.05) is 0 Å². The second-order valence-electron chi connectivity index (χ2n) is 3.66. The molecule has 0 aliphatic heterocycles. The zero-order valence-electron chi connectivity index (χ0n) is 9.39. The van der Waals surface area contributed by atoms with Crippen molar-refractivity contribution in [2.45, 2.75) is 38.8 Å². The van der Waals surface area contributed by atoms with Gasteiger partial charge in [-0.1, -0.05) is 6.92 Å². The van der Waals surface area contributed by atoms with E-state index in [-0.39, 0.29) is 6.17 Å². The van der Waals surface area contributed by atoms with Gasteiger partial charge in [0.15, 0.2) is 0 Å². The fourth-order valence-electron chi connectivity index (χ4n) is 1.23. The molecule has 86 valence electrons. The third-order valence-corrected chi connectivity index (χ3v) is 2.02. The Labute approximate surface area is 87.8 Å². The van der Waals surface area contributed by atoms with Crippen LogP contribution in [0, 0.1) is 0 Å². The molecular formula is C10H26N4. The third kappa shape index (κ3) is 11.8. The predicted molar refractivity (Wildman–Crippen MR) is 62.0 cm³/mol. The lowest BCUT2D eigenvalue weighted by Crippen LogP contribution is -2.31. The average Bonchev–Trinajstić information content (AvgIpc) is 2.15. The van der Waals surface area contributed by atoms with E-state index in [4.69, 9.17) is 11.5 Å². The summed E-state index contributed by atoms with van der Waals surface area (Å²) in [6, 6.07) is 0. The quantitative estimate of drug-likeness (QED) is 0.297. The summed E-state index contributed by atoms with van der Waals surface area (Å²) in [6.45, 7) is 6.52. The second kappa shape index (κ2) is 10.9. The SMILES string of the molecule is CCCNCCCNCCCC(N)N. The van der Waals surface area contributed by atoms with Crippen LogP contribution >= 0.6 is 0 Å². The van der Waals surface area contributed by atoms with Gasteiger partial charge in [0.05, 0.1) is 6.17 Å². The van der Waals surface area contributed by atoms with Gasteiger partial charge >= 0.3 is 0 Å². The lowest BCUT2D eigenvalue weighted by Gasteiger charge is -2.07. The van der Waals surface area contributed by atoms with Crippen LogP contribution in [0.15, 0.2) is 0 Å². The second-order valence-corrected chi connectivity index (χ2v) is 3.66. The number of hydrogen-bond donors (Lipinski definition) is 4. The Morgan fingerprint density at radius 3 is 2.07 bits per heavy atom. The summed E-state index contributed by atoms with van der Waals surface area (Å²) in [4.78, 5) is 0. The van der Waals surface area contributed by atoms with E-state index in [9.17, 15) is 0 Å². The Morgan fingerprint density at radius 2 is 1.50 bits per heavy atom. The maximum Gasteiger partial charge on any atom is 0.0521 e. The molecule has 0 aliphatic rings. The first kappa shape index (κ1) is 13.8. The summed E-state index contributed by atoms with van der Waals surface area (Å²) < 4.78 is 0. The maximum atomic E-state index is 5.43. The minimum atomic E-state index is -0.150. The molecule has 0 aromatic carbocycles. The fourth-order valence-corrected chi connectivity index (χ4v) is 1.23. The van der Waals surface area contributed by atoms with E-state index in [0.717, 1.165) is 39.0 Å². The molecule has 0 saturated heterocycles. The maximum absolute atomic E-state index is 5.43. The molecule has 4 heteroatoms. The van der Waals surface area contributed by atoms with Crippen LogP contribution in [0.3, 0.4) is 0 Å². The van der Waals surface area contributed by atoms with Gasteiger partial charge in [0.1, 0.15) is 0 Å². The molecule has 0 fully saturated rings. The minimum Gasteiger partial charge on any atom is -0.317 e. The van der Waals surface area contributed by atoms with E-state index < -0.39 is 0 Å². The van der Waals surface area contributed by atoms with Crippen LogP contribution in [0.4, 0.5) is 0 Å². The standard InChI is InChI=1S/C10H26N4/c1-2-6-13-8-4-9-14-7-3-5-10(11)12/h10,13-14H,2-9,11-12H2,1H3. The first-order chi connectivity index (χ1) is 6.77. The van der Waals surface area contributed by atoms with Gasteiger partial charge in [-0.3, -0.25) is 0 Å². The molecule has 0 radical (unpaired) electrons. The van der Waals surface area contributed by atoms with Crippen molar-refractivity contribution in [1.29, 1.82) is 0 Å². The first-order valence-corrected chi connectivity index (χ1v) is 5.70. The van der Waals surface area contributed by atoms with Crippen molar-refractivity contribution in [2.75, 3.05) is 26.2 Å². The van der Waals surface area contributed by atoms with Gasteiger partial charge in [0.25, 0.3) is 0 Å². The predicted octanol–water partition coefficient (Wildman–Crippen LogP) is -0.0106. The Morgan fingerprint density at radius 1 is 0.929 bits per heavy atom. The van der Waals surface area contributed by atoms with E-state index in [2.05, 4.69) is 17.6 Å². The van der Waals surface area contributed by atoms with Gasteiger partial charge in [-0.15, -0.1) is 0 Å². The lowest BCUT2D eigenvalue weighted by molar-refractivity contribution is 0.544. The summed E-state index contributed by atoms with van der Waals surface area (Å²) in [5.74, 6) is 0. The molecule has 0 saturated carbocycles. The van der Waals surface area contributed by atoms with Crippen molar-refractivity contribution >= 4 is 0 Å². The van der Waals surface area contributed by atoms with Gasteiger partial charge < -0.3 is 22.1 Å². The molecule has 0 aromatic rings. The number of hydrogen-bond acceptors (Lipinski definition) is 4. The summed E-state index contributed by atoms with van der Waals surface area (Å²) in [7, 11) is 0. The van der Waals surface area contributed by atoms with Crippen molar-refractivity contribution in [3.63, 3.8) is 0 Å². The van der Waals surface area contributed by atoms with Gasteiger partial charge in [-0.25, -0.2) is 0 Å². The van der Waals surface area contributed by atoms with E-state index >= 15 is 0 Å². The van der Waals surface area contributed by atoms with Crippen LogP contribution in [0.2, 0.25) is 0 Å². The smallest absolute Gasteiger partial charge is 0.0521 e. The van der Waals surface area contributed by atoms with E-state index in [1.165, 1.54) is 12.8 Å². The highest BCUT2D eigenvalue weighted by atomic mass is 14.9. The molecule has 0 aliphatic carbocycles. The van der Waals surface area contributed by atoms with Crippen LogP contribution in [-0.4, -0.2) is 32.3 Å². The van der Waals surface area contributed by atoms with Crippen LogP contribution < -0.4 is 22.1 Å². The Bertz CT molecular complexity index is 106. The fraction of sp³-hybridized carbons (Fsp3) is 1.00. The van der Waals surface area contributed by atoms with Crippen molar-refractivity contribution < 1.29 is 0 Å². The van der Waals surface area contributed by atoms with Gasteiger partial charge in [-0.05, 0) is 51.9 Å². The summed E-state index contributed by atoms with van der Waals surface area (Å²) in [5, 5.41) is 6.73. The summed E-state index contributed by atoms with van der Waals surface area (Å²) >= 11 is 0. The van der Waals surface area contributed by atoms with Crippen molar-refractivity contribution in [2.24, 2.45) is 11.5 Å². The number of rotatable bonds is 10. The Hall–Kier alpha value is -0.160. The normalized spacial score (nSPS) is 11.1. The van der Waals surface area contributed by atoms with E-state index in [0.29, 0.717) is 0 Å². The zero-order chi connectivity index (χ0) is 10.6. The highest BCUT2D eigenvalue weighted by Crippen LogP contribution is 1.86. The lowest BCUT2D eigenvalue weighted by atomic mass is 10.2. The van der Waals surface area contributed by atoms with Crippen molar-refractivity contribution in [3.8, 4) is 0 Å². The molecule has 0 heterocycles. The molecule has 0 amide bonds. The molecule has 0 spiro atoms. The van der Waals surface area contributed by atoms with Gasteiger partial charge in [0.2, 0.25) is 0 Å². The van der Waals surface area contributed by atoms with Crippen molar-refractivity contribution in [1.82, 2.24) is 10.6 Å². The molecule has 0 rings (SSSR count). The topological polar surface area (TPSA) is 76.1 Å². The number of nitrogens with two attached hydrogens (primary N) is 2. The molecule has 0 atom stereocenters. The average molecular weight is 202 g/mol. The molecule has 4 nitrogen and oxygen atoms in total. The molecule has 0 unspecified atom stereocenters. The Balaban J connectivity index is 2.85. The van der Waals surface area contributed by atoms with Gasteiger partial charge in [0, 0.05) is 0 Å². The first-order valence-electron chi connectivity index (χ1n) is 5.70. The van der Waals surface area contributed by atoms with Crippen LogP contribution in [0.1, 0.15) is 32.6 Å². The van der Waals surface area contributed by atoms with Crippen LogP contribution in [0.25, 0.3) is 0 Å². The molecular weight excluding hydrogens is 176 g/mol. The van der Waals surface area contributed by atoms with E-state index in [1.54, 1.807) is 0 Å². The molecule has 6 N–H and O–H groups in total.